The number of methoxy groups -OCH3 is 2. The first-order valence-corrected chi connectivity index (χ1v) is 14.0. The van der Waals surface area contributed by atoms with Crippen LogP contribution in [0.5, 0.6) is 28.7 Å². The number of hydrogen-bond donors (Lipinski definition) is 0. The average molecular weight is 574 g/mol. The van der Waals surface area contributed by atoms with Crippen LogP contribution in [0.3, 0.4) is 0 Å². The number of hydrogen-bond acceptors (Lipinski definition) is 8. The van der Waals surface area contributed by atoms with Gasteiger partial charge < -0.3 is 33.0 Å². The van der Waals surface area contributed by atoms with Gasteiger partial charge in [-0.15, -0.1) is 0 Å². The number of benzene rings is 3. The molecule has 0 fully saturated rings. The predicted molar refractivity (Wildman–Crippen MR) is 159 cm³/mol. The number of nitrogens with zero attached hydrogens (tertiary/aromatic N) is 1. The number of carbonyl (C=O) groups excluding carboxylic acids is 1. The van der Waals surface area contributed by atoms with Gasteiger partial charge in [0.15, 0.2) is 23.0 Å². The van der Waals surface area contributed by atoms with E-state index >= 15 is 0 Å². The summed E-state index contributed by atoms with van der Waals surface area (Å²) in [5.41, 5.74) is 3.29. The molecule has 0 saturated carbocycles. The molecule has 9 nitrogen and oxygen atoms in total. The number of carbonyl (C=O) groups is 1. The van der Waals surface area contributed by atoms with Crippen LogP contribution in [0.1, 0.15) is 46.9 Å². The normalized spacial score (nSPS) is 14.3. The molecular weight excluding hydrogens is 538 g/mol. The highest BCUT2D eigenvalue weighted by Gasteiger charge is 2.34. The van der Waals surface area contributed by atoms with Gasteiger partial charge in [0.2, 0.25) is 0 Å². The minimum atomic E-state index is -0.441. The van der Waals surface area contributed by atoms with Crippen LogP contribution < -0.4 is 29.3 Å². The van der Waals surface area contributed by atoms with Crippen LogP contribution in [0.2, 0.25) is 0 Å². The first-order chi connectivity index (χ1) is 20.4. The molecule has 220 valence electrons. The van der Waals surface area contributed by atoms with Gasteiger partial charge in [-0.2, -0.15) is 0 Å². The summed E-state index contributed by atoms with van der Waals surface area (Å²) in [4.78, 5) is 27.8. The Balaban J connectivity index is 1.51. The van der Waals surface area contributed by atoms with Crippen molar-refractivity contribution in [2.45, 2.75) is 33.2 Å². The Morgan fingerprint density at radius 2 is 1.62 bits per heavy atom. The van der Waals surface area contributed by atoms with Crippen LogP contribution >= 0.6 is 0 Å². The molecule has 0 unspecified atom stereocenters. The third-order valence-electron chi connectivity index (χ3n) is 7.38. The van der Waals surface area contributed by atoms with Crippen molar-refractivity contribution in [3.8, 4) is 28.7 Å². The summed E-state index contributed by atoms with van der Waals surface area (Å²) < 4.78 is 34.3. The fourth-order valence-corrected chi connectivity index (χ4v) is 5.37. The highest BCUT2D eigenvalue weighted by atomic mass is 16.5. The largest absolute Gasteiger partial charge is 0.493 e. The molecule has 1 aliphatic heterocycles. The maximum atomic E-state index is 14.1. The molecule has 0 radical (unpaired) electrons. The molecule has 0 aliphatic carbocycles. The molecule has 0 bridgehead atoms. The van der Waals surface area contributed by atoms with E-state index in [-0.39, 0.29) is 12.5 Å². The summed E-state index contributed by atoms with van der Waals surface area (Å²) in [5.74, 6) is 2.68. The molecule has 4 aromatic rings. The van der Waals surface area contributed by atoms with E-state index < -0.39 is 11.7 Å². The minimum absolute atomic E-state index is 0.158. The summed E-state index contributed by atoms with van der Waals surface area (Å²) in [6.07, 6.45) is 0.633. The Kier molecular flexibility index (Phi) is 8.56. The first kappa shape index (κ1) is 28.9. The van der Waals surface area contributed by atoms with Crippen LogP contribution in [0.15, 0.2) is 63.8 Å². The summed E-state index contributed by atoms with van der Waals surface area (Å²) in [6.45, 7) is 7.21. The Labute approximate surface area is 244 Å². The van der Waals surface area contributed by atoms with Gasteiger partial charge in [0.05, 0.1) is 33.5 Å². The SMILES string of the molecule is CCOc1ccc(C(=O)N2CCc3cc(OC)c(OC)cc3[C@H]2COc2ccc3c(C)cc(=O)oc3c2)cc1OCC. The maximum Gasteiger partial charge on any atom is 0.336 e. The zero-order chi connectivity index (χ0) is 29.8. The number of rotatable bonds is 10. The third kappa shape index (κ3) is 5.72. The van der Waals surface area contributed by atoms with Crippen LogP contribution in [-0.4, -0.2) is 51.4 Å². The van der Waals surface area contributed by atoms with Gasteiger partial charge in [-0.1, -0.05) is 0 Å². The van der Waals surface area contributed by atoms with Crippen molar-refractivity contribution in [2.24, 2.45) is 0 Å². The number of aryl methyl sites for hydroxylation is 1. The molecule has 1 aliphatic rings. The molecule has 0 spiro atoms. The second-order valence-corrected chi connectivity index (χ2v) is 9.92. The summed E-state index contributed by atoms with van der Waals surface area (Å²) in [6, 6.07) is 15.5. The molecule has 5 rings (SSSR count). The van der Waals surface area contributed by atoms with E-state index in [0.29, 0.717) is 66.1 Å². The van der Waals surface area contributed by atoms with E-state index in [9.17, 15) is 9.59 Å². The molecular formula is C33H35NO8. The summed E-state index contributed by atoms with van der Waals surface area (Å²) in [7, 11) is 3.19. The van der Waals surface area contributed by atoms with Gasteiger partial charge in [0, 0.05) is 29.6 Å². The van der Waals surface area contributed by atoms with Gasteiger partial charge in [0.25, 0.3) is 5.91 Å². The van der Waals surface area contributed by atoms with E-state index in [4.69, 9.17) is 28.1 Å². The van der Waals surface area contributed by atoms with Crippen LogP contribution in [0.4, 0.5) is 0 Å². The van der Waals surface area contributed by atoms with Crippen molar-refractivity contribution >= 4 is 16.9 Å². The molecule has 2 heterocycles. The van der Waals surface area contributed by atoms with Crippen LogP contribution in [0, 0.1) is 6.92 Å². The topological polar surface area (TPSA) is 96.7 Å². The van der Waals surface area contributed by atoms with E-state index in [2.05, 4.69) is 0 Å². The number of fused-ring (bicyclic) bond motifs is 2. The lowest BCUT2D eigenvalue weighted by molar-refractivity contribution is 0.0588. The zero-order valence-electron chi connectivity index (χ0n) is 24.5. The Morgan fingerprint density at radius 3 is 2.36 bits per heavy atom. The van der Waals surface area contributed by atoms with Crippen molar-refractivity contribution in [2.75, 3.05) is 40.6 Å². The molecule has 1 atom stereocenters. The molecule has 1 aromatic heterocycles. The number of ether oxygens (including phenoxy) is 5. The lowest BCUT2D eigenvalue weighted by Crippen LogP contribution is -2.42. The van der Waals surface area contributed by atoms with Gasteiger partial charge in [-0.25, -0.2) is 4.79 Å². The van der Waals surface area contributed by atoms with E-state index in [1.54, 1.807) is 38.5 Å². The lowest BCUT2D eigenvalue weighted by Gasteiger charge is -2.37. The molecule has 3 aromatic carbocycles. The monoisotopic (exact) mass is 573 g/mol. The fraction of sp³-hybridized carbons (Fsp3) is 0.333. The van der Waals surface area contributed by atoms with Crippen molar-refractivity contribution in [1.82, 2.24) is 4.90 Å². The predicted octanol–water partition coefficient (Wildman–Crippen LogP) is 5.73. The van der Waals surface area contributed by atoms with Gasteiger partial charge in [-0.05, 0) is 86.3 Å². The van der Waals surface area contributed by atoms with Gasteiger partial charge >= 0.3 is 5.63 Å². The summed E-state index contributed by atoms with van der Waals surface area (Å²) >= 11 is 0. The van der Waals surface area contributed by atoms with Crippen molar-refractivity contribution in [1.29, 1.82) is 0 Å². The number of amides is 1. The van der Waals surface area contributed by atoms with E-state index in [1.165, 1.54) is 6.07 Å². The van der Waals surface area contributed by atoms with Crippen molar-refractivity contribution in [3.63, 3.8) is 0 Å². The highest BCUT2D eigenvalue weighted by molar-refractivity contribution is 5.95. The van der Waals surface area contributed by atoms with E-state index in [1.807, 2.05) is 49.9 Å². The van der Waals surface area contributed by atoms with E-state index in [0.717, 1.165) is 22.1 Å². The average Bonchev–Trinajstić information content (AvgIpc) is 2.99. The Morgan fingerprint density at radius 1 is 0.881 bits per heavy atom. The van der Waals surface area contributed by atoms with Gasteiger partial charge in [0.1, 0.15) is 17.9 Å². The first-order valence-electron chi connectivity index (χ1n) is 14.0. The second kappa shape index (κ2) is 12.5. The minimum Gasteiger partial charge on any atom is -0.493 e. The zero-order valence-corrected chi connectivity index (χ0v) is 24.5. The summed E-state index contributed by atoms with van der Waals surface area (Å²) in [5, 5.41) is 0.833. The Hall–Kier alpha value is -4.66. The standard InChI is InChI=1S/C33H35NO8/c1-6-39-27-11-8-22(16-31(27)40-7-2)33(36)34-13-12-21-15-29(37-4)30(38-5)18-25(21)26(34)19-41-23-9-10-24-20(3)14-32(35)42-28(24)17-23/h8-11,14-18,26H,6-7,12-13,19H2,1-5H3/t26-/m1/s1. The fourth-order valence-electron chi connectivity index (χ4n) is 5.37. The second-order valence-electron chi connectivity index (χ2n) is 9.92. The van der Waals surface area contributed by atoms with Crippen LogP contribution in [-0.2, 0) is 6.42 Å². The molecule has 1 amide bonds. The molecule has 9 heteroatoms. The highest BCUT2D eigenvalue weighted by Crippen LogP contribution is 2.40. The van der Waals surface area contributed by atoms with Crippen molar-refractivity contribution in [3.05, 3.63) is 87.3 Å². The van der Waals surface area contributed by atoms with Crippen LogP contribution in [0.25, 0.3) is 11.0 Å². The van der Waals surface area contributed by atoms with Crippen molar-refractivity contribution < 1.29 is 32.9 Å². The maximum absolute atomic E-state index is 14.1. The smallest absolute Gasteiger partial charge is 0.336 e. The Bertz CT molecular complexity index is 1660. The quantitative estimate of drug-likeness (QED) is 0.222. The van der Waals surface area contributed by atoms with Gasteiger partial charge in [-0.3, -0.25) is 4.79 Å². The molecule has 42 heavy (non-hydrogen) atoms. The lowest BCUT2D eigenvalue weighted by atomic mass is 9.91. The third-order valence-corrected chi connectivity index (χ3v) is 7.38. The molecule has 0 N–H and O–H groups in total. The molecule has 0 saturated heterocycles.